The van der Waals surface area contributed by atoms with Crippen LogP contribution >= 0.6 is 0 Å². The van der Waals surface area contributed by atoms with Crippen molar-refractivity contribution in [2.75, 3.05) is 0 Å². The van der Waals surface area contributed by atoms with E-state index in [0.717, 1.165) is 0 Å². The van der Waals surface area contributed by atoms with E-state index in [1.807, 2.05) is 27.7 Å². The Morgan fingerprint density at radius 3 is 1.58 bits per heavy atom. The standard InChI is InChI=1S/C8H12O2.C2H6/c1-8(2)4-6(9)3-7(10)5-8;1-2/h3-5H2,1-2H3;1-2H3. The number of Topliss-reactive ketones (excluding diaryl/α,β-unsaturated/α-hetero) is 2. The second kappa shape index (κ2) is 4.39. The van der Waals surface area contributed by atoms with E-state index in [9.17, 15) is 9.59 Å². The Kier molecular flexibility index (Phi) is 4.15. The van der Waals surface area contributed by atoms with Crippen LogP contribution in [0.5, 0.6) is 0 Å². The van der Waals surface area contributed by atoms with E-state index >= 15 is 0 Å². The number of carbonyl (C=O) groups excluding carboxylic acids is 2. The van der Waals surface area contributed by atoms with Gasteiger partial charge in [0.15, 0.2) is 0 Å². The van der Waals surface area contributed by atoms with Gasteiger partial charge in [-0.2, -0.15) is 0 Å². The van der Waals surface area contributed by atoms with Crippen molar-refractivity contribution in [2.45, 2.75) is 47.0 Å². The predicted octanol–water partition coefficient (Wildman–Crippen LogP) is 2.36. The van der Waals surface area contributed by atoms with Gasteiger partial charge in [-0.15, -0.1) is 0 Å². The summed E-state index contributed by atoms with van der Waals surface area (Å²) in [5.74, 6) is 0.197. The lowest BCUT2D eigenvalue weighted by atomic mass is 9.76. The van der Waals surface area contributed by atoms with Gasteiger partial charge in [0.2, 0.25) is 0 Å². The van der Waals surface area contributed by atoms with E-state index in [2.05, 4.69) is 0 Å². The smallest absolute Gasteiger partial charge is 0.140 e. The molecule has 1 rings (SSSR count). The van der Waals surface area contributed by atoms with Crippen LogP contribution in [0.15, 0.2) is 0 Å². The fourth-order valence-electron chi connectivity index (χ4n) is 1.47. The van der Waals surface area contributed by atoms with E-state index in [-0.39, 0.29) is 23.4 Å². The van der Waals surface area contributed by atoms with Crippen LogP contribution in [0.25, 0.3) is 0 Å². The zero-order valence-electron chi connectivity index (χ0n) is 8.44. The third kappa shape index (κ3) is 3.65. The summed E-state index contributed by atoms with van der Waals surface area (Å²) in [5, 5.41) is 0. The molecule has 2 heteroatoms. The van der Waals surface area contributed by atoms with Crippen molar-refractivity contribution in [1.29, 1.82) is 0 Å². The highest BCUT2D eigenvalue weighted by Gasteiger charge is 2.31. The Balaban J connectivity index is 0.000000561. The van der Waals surface area contributed by atoms with Gasteiger partial charge in [-0.1, -0.05) is 27.7 Å². The van der Waals surface area contributed by atoms with Gasteiger partial charge in [-0.25, -0.2) is 0 Å². The number of hydrogen-bond donors (Lipinski definition) is 0. The highest BCUT2D eigenvalue weighted by molar-refractivity contribution is 6.01. The highest BCUT2D eigenvalue weighted by atomic mass is 16.1. The molecule has 0 saturated heterocycles. The molecule has 0 amide bonds. The molecule has 0 radical (unpaired) electrons. The normalized spacial score (nSPS) is 21.3. The molecule has 0 aromatic rings. The maximum absolute atomic E-state index is 10.9. The van der Waals surface area contributed by atoms with Crippen LogP contribution in [-0.2, 0) is 9.59 Å². The van der Waals surface area contributed by atoms with Crippen molar-refractivity contribution in [3.05, 3.63) is 0 Å². The van der Waals surface area contributed by atoms with Crippen LogP contribution in [0.1, 0.15) is 47.0 Å². The number of rotatable bonds is 0. The first-order valence-corrected chi connectivity index (χ1v) is 4.53. The first-order chi connectivity index (χ1) is 5.49. The molecule has 12 heavy (non-hydrogen) atoms. The molecule has 1 fully saturated rings. The summed E-state index contributed by atoms with van der Waals surface area (Å²) < 4.78 is 0. The van der Waals surface area contributed by atoms with Gasteiger partial charge in [0.25, 0.3) is 0 Å². The summed E-state index contributed by atoms with van der Waals surface area (Å²) in [5.41, 5.74) is -0.0770. The number of hydrogen-bond acceptors (Lipinski definition) is 2. The summed E-state index contributed by atoms with van der Waals surface area (Å²) in [6.07, 6.45) is 1.31. The van der Waals surface area contributed by atoms with Gasteiger partial charge >= 0.3 is 0 Å². The fraction of sp³-hybridized carbons (Fsp3) is 0.800. The second-order valence-corrected chi connectivity index (χ2v) is 3.77. The van der Waals surface area contributed by atoms with E-state index in [1.54, 1.807) is 0 Å². The summed E-state index contributed by atoms with van der Waals surface area (Å²) in [4.78, 5) is 21.7. The van der Waals surface area contributed by atoms with E-state index in [0.29, 0.717) is 12.8 Å². The molecule has 1 aliphatic rings. The third-order valence-corrected chi connectivity index (χ3v) is 1.75. The minimum absolute atomic E-state index is 0.0770. The molecule has 0 aliphatic heterocycles. The average molecular weight is 170 g/mol. The van der Waals surface area contributed by atoms with Crippen molar-refractivity contribution >= 4 is 11.6 Å². The lowest BCUT2D eigenvalue weighted by Crippen LogP contribution is -2.28. The summed E-state index contributed by atoms with van der Waals surface area (Å²) >= 11 is 0. The summed E-state index contributed by atoms with van der Waals surface area (Å²) in [6, 6.07) is 0. The molecule has 0 unspecified atom stereocenters. The Labute approximate surface area is 74.3 Å². The first-order valence-electron chi connectivity index (χ1n) is 4.53. The van der Waals surface area contributed by atoms with E-state index < -0.39 is 0 Å². The van der Waals surface area contributed by atoms with Gasteiger partial charge in [-0.05, 0) is 5.41 Å². The molecule has 1 saturated carbocycles. The van der Waals surface area contributed by atoms with Gasteiger partial charge in [0.1, 0.15) is 11.6 Å². The zero-order valence-corrected chi connectivity index (χ0v) is 8.44. The predicted molar refractivity (Wildman–Crippen MR) is 49.0 cm³/mol. The maximum Gasteiger partial charge on any atom is 0.140 e. The first kappa shape index (κ1) is 11.3. The van der Waals surface area contributed by atoms with Crippen molar-refractivity contribution in [3.8, 4) is 0 Å². The lowest BCUT2D eigenvalue weighted by Gasteiger charge is -2.26. The monoisotopic (exact) mass is 170 g/mol. The van der Waals surface area contributed by atoms with Crippen LogP contribution < -0.4 is 0 Å². The molecule has 0 bridgehead atoms. The van der Waals surface area contributed by atoms with Crippen LogP contribution in [0.3, 0.4) is 0 Å². The molecular formula is C10H18O2. The van der Waals surface area contributed by atoms with E-state index in [4.69, 9.17) is 0 Å². The topological polar surface area (TPSA) is 34.1 Å². The van der Waals surface area contributed by atoms with Crippen molar-refractivity contribution in [2.24, 2.45) is 5.41 Å². The van der Waals surface area contributed by atoms with Crippen molar-refractivity contribution in [3.63, 3.8) is 0 Å². The fourth-order valence-corrected chi connectivity index (χ4v) is 1.47. The minimum Gasteiger partial charge on any atom is -0.299 e. The molecule has 2 nitrogen and oxygen atoms in total. The molecule has 0 aromatic heterocycles. The van der Waals surface area contributed by atoms with Crippen LogP contribution in [0, 0.1) is 5.41 Å². The third-order valence-electron chi connectivity index (χ3n) is 1.75. The van der Waals surface area contributed by atoms with Gasteiger partial charge in [0.05, 0.1) is 6.42 Å². The van der Waals surface area contributed by atoms with Gasteiger partial charge < -0.3 is 0 Å². The van der Waals surface area contributed by atoms with Gasteiger partial charge in [-0.3, -0.25) is 9.59 Å². The Hall–Kier alpha value is -0.660. The molecule has 70 valence electrons. The van der Waals surface area contributed by atoms with Crippen LogP contribution in [-0.4, -0.2) is 11.6 Å². The van der Waals surface area contributed by atoms with Crippen LogP contribution in [0.2, 0.25) is 0 Å². The molecule has 0 N–H and O–H groups in total. The van der Waals surface area contributed by atoms with Crippen molar-refractivity contribution < 1.29 is 9.59 Å². The van der Waals surface area contributed by atoms with Crippen molar-refractivity contribution in [1.82, 2.24) is 0 Å². The van der Waals surface area contributed by atoms with Gasteiger partial charge in [0, 0.05) is 12.8 Å². The van der Waals surface area contributed by atoms with Crippen LogP contribution in [0.4, 0.5) is 0 Å². The minimum atomic E-state index is -0.0770. The zero-order chi connectivity index (χ0) is 9.78. The second-order valence-electron chi connectivity index (χ2n) is 3.77. The Bertz CT molecular complexity index is 162. The molecule has 0 spiro atoms. The molecule has 0 aromatic carbocycles. The molecular weight excluding hydrogens is 152 g/mol. The SMILES string of the molecule is CC.CC1(C)CC(=O)CC(=O)C1. The summed E-state index contributed by atoms with van der Waals surface area (Å²) in [6.45, 7) is 7.92. The largest absolute Gasteiger partial charge is 0.299 e. The lowest BCUT2D eigenvalue weighted by molar-refractivity contribution is -0.133. The van der Waals surface area contributed by atoms with E-state index in [1.165, 1.54) is 0 Å². The summed E-state index contributed by atoms with van der Waals surface area (Å²) in [7, 11) is 0. The Morgan fingerprint density at radius 2 is 1.33 bits per heavy atom. The average Bonchev–Trinajstić information content (AvgIpc) is 1.85. The molecule has 1 aliphatic carbocycles. The highest BCUT2D eigenvalue weighted by Crippen LogP contribution is 2.30. The molecule has 0 heterocycles. The Morgan fingerprint density at radius 1 is 1.00 bits per heavy atom. The maximum atomic E-state index is 10.9. The quantitative estimate of drug-likeness (QED) is 0.523. The number of ketones is 2. The number of carbonyl (C=O) groups is 2. The molecule has 0 atom stereocenters.